The van der Waals surface area contributed by atoms with Crippen molar-refractivity contribution in [2.24, 2.45) is 0 Å². The Morgan fingerprint density at radius 2 is 2.00 bits per heavy atom. The summed E-state index contributed by atoms with van der Waals surface area (Å²) in [5, 5.41) is 0. The van der Waals surface area contributed by atoms with E-state index in [9.17, 15) is 8.96 Å². The normalized spacial score (nSPS) is 25.5. The molecule has 0 amide bonds. The van der Waals surface area contributed by atoms with Crippen molar-refractivity contribution in [2.75, 3.05) is 26.7 Å². The van der Waals surface area contributed by atoms with Gasteiger partial charge in [0.15, 0.2) is 36.2 Å². The van der Waals surface area contributed by atoms with E-state index in [0.29, 0.717) is 11.2 Å². The highest BCUT2D eigenvalue weighted by Gasteiger charge is 2.47. The molecule has 3 rings (SSSR count). The number of nitrogens with zero attached hydrogens (tertiary/aromatic N) is 4. The summed E-state index contributed by atoms with van der Waals surface area (Å²) in [6.45, 7) is 3.81. The van der Waals surface area contributed by atoms with Crippen molar-refractivity contribution < 1.29 is 32.2 Å². The smallest absolute Gasteiger partial charge is 0.356 e. The van der Waals surface area contributed by atoms with E-state index in [1.807, 2.05) is 22.6 Å². The van der Waals surface area contributed by atoms with Crippen LogP contribution in [0.25, 0.3) is 11.2 Å². The molecule has 28 heavy (non-hydrogen) atoms. The quantitative estimate of drug-likeness (QED) is 0.275. The van der Waals surface area contributed by atoms with E-state index in [2.05, 4.69) is 15.0 Å². The lowest BCUT2D eigenvalue weighted by Gasteiger charge is -2.20. The Morgan fingerprint density at radius 3 is 2.64 bits per heavy atom. The van der Waals surface area contributed by atoms with Gasteiger partial charge in [-0.2, -0.15) is 4.98 Å². The van der Waals surface area contributed by atoms with Gasteiger partial charge in [-0.25, -0.2) is 14.4 Å². The third-order valence-electron chi connectivity index (χ3n) is 3.95. The molecule has 2 aromatic heterocycles. The standard InChI is InChI=1S/C15H21FIN4O6P/c1-4-25-28(22,26-5-2)8-24-15-10(17)9(16)14(27-15)21-7-20-11-12(21)18-6-19-13(11)23-3/h6-7,9-10,14-15H,4-5,8H2,1-3H3/t9?,10-,14+,15-/m0/s1. The van der Waals surface area contributed by atoms with Crippen LogP contribution in [0, 0.1) is 0 Å². The van der Waals surface area contributed by atoms with Gasteiger partial charge in [-0.15, -0.1) is 0 Å². The molecule has 0 radical (unpaired) electrons. The number of hydrogen-bond acceptors (Lipinski definition) is 9. The summed E-state index contributed by atoms with van der Waals surface area (Å²) in [5.41, 5.74) is 0.769. The second-order valence-corrected chi connectivity index (χ2v) is 9.17. The Hall–Kier alpha value is -0.920. The Kier molecular flexibility index (Phi) is 7.21. The van der Waals surface area contributed by atoms with Gasteiger partial charge in [0.25, 0.3) is 0 Å². The zero-order valence-electron chi connectivity index (χ0n) is 15.5. The van der Waals surface area contributed by atoms with Crippen LogP contribution >= 0.6 is 30.2 Å². The lowest BCUT2D eigenvalue weighted by Crippen LogP contribution is -2.25. The SMILES string of the molecule is CCOP(=O)(CO[C@H]1O[C@@H](n2cnc3c(OC)ncnc32)C(F)[C@@H]1I)OCC. The van der Waals surface area contributed by atoms with Gasteiger partial charge in [0.1, 0.15) is 6.33 Å². The van der Waals surface area contributed by atoms with E-state index in [-0.39, 0.29) is 25.4 Å². The summed E-state index contributed by atoms with van der Waals surface area (Å²) in [4.78, 5) is 12.3. The summed E-state index contributed by atoms with van der Waals surface area (Å²) >= 11 is 1.90. The first-order chi connectivity index (χ1) is 13.4. The molecule has 0 aliphatic carbocycles. The van der Waals surface area contributed by atoms with Gasteiger partial charge < -0.3 is 23.3 Å². The molecule has 2 aromatic rings. The lowest BCUT2D eigenvalue weighted by atomic mass is 10.3. The van der Waals surface area contributed by atoms with Crippen LogP contribution in [0.1, 0.15) is 20.1 Å². The molecule has 0 saturated carbocycles. The Bertz CT molecular complexity index is 847. The molecule has 0 aromatic carbocycles. The third-order valence-corrected chi connectivity index (χ3v) is 6.99. The first-order valence-electron chi connectivity index (χ1n) is 8.59. The fourth-order valence-electron chi connectivity index (χ4n) is 2.78. The first-order valence-corrected chi connectivity index (χ1v) is 11.6. The number of ether oxygens (including phenoxy) is 3. The van der Waals surface area contributed by atoms with Crippen LogP contribution < -0.4 is 4.74 Å². The van der Waals surface area contributed by atoms with E-state index in [0.717, 1.165) is 0 Å². The molecule has 3 heterocycles. The van der Waals surface area contributed by atoms with Crippen molar-refractivity contribution in [3.8, 4) is 5.88 Å². The Balaban J connectivity index is 1.77. The summed E-state index contributed by atoms with van der Waals surface area (Å²) < 4.78 is 55.1. The molecule has 156 valence electrons. The molecule has 0 N–H and O–H groups in total. The van der Waals surface area contributed by atoms with Crippen LogP contribution in [-0.4, -0.2) is 62.6 Å². The van der Waals surface area contributed by atoms with Gasteiger partial charge in [-0.1, -0.05) is 22.6 Å². The monoisotopic (exact) mass is 530 g/mol. The Labute approximate surface area is 174 Å². The fourth-order valence-corrected chi connectivity index (χ4v) is 4.85. The van der Waals surface area contributed by atoms with Gasteiger partial charge in [0.05, 0.1) is 30.6 Å². The van der Waals surface area contributed by atoms with Crippen molar-refractivity contribution in [3.63, 3.8) is 0 Å². The summed E-state index contributed by atoms with van der Waals surface area (Å²) in [7, 11) is -1.97. The zero-order chi connectivity index (χ0) is 20.3. The fraction of sp³-hybridized carbons (Fsp3) is 0.667. The number of halogens is 2. The average Bonchev–Trinajstić information content (AvgIpc) is 3.22. The number of alkyl halides is 2. The summed E-state index contributed by atoms with van der Waals surface area (Å²) in [6, 6.07) is 0. The lowest BCUT2D eigenvalue weighted by molar-refractivity contribution is -0.141. The number of fused-ring (bicyclic) bond motifs is 1. The molecule has 1 fully saturated rings. The predicted octanol–water partition coefficient (Wildman–Crippen LogP) is 3.07. The molecule has 1 saturated heterocycles. The second kappa shape index (κ2) is 9.26. The van der Waals surface area contributed by atoms with Crippen molar-refractivity contribution >= 4 is 41.4 Å². The van der Waals surface area contributed by atoms with E-state index in [4.69, 9.17) is 23.3 Å². The number of hydrogen-bond donors (Lipinski definition) is 0. The van der Waals surface area contributed by atoms with Gasteiger partial charge in [0.2, 0.25) is 5.88 Å². The topological polar surface area (TPSA) is 107 Å². The molecule has 4 atom stereocenters. The maximum absolute atomic E-state index is 15.0. The number of methoxy groups -OCH3 is 1. The molecule has 0 bridgehead atoms. The average molecular weight is 530 g/mol. The van der Waals surface area contributed by atoms with E-state index < -0.39 is 30.2 Å². The zero-order valence-corrected chi connectivity index (χ0v) is 18.6. The van der Waals surface area contributed by atoms with E-state index in [1.165, 1.54) is 24.3 Å². The maximum atomic E-state index is 15.0. The molecule has 0 spiro atoms. The van der Waals surface area contributed by atoms with Gasteiger partial charge in [-0.3, -0.25) is 9.13 Å². The van der Waals surface area contributed by atoms with Crippen LogP contribution in [0.15, 0.2) is 12.7 Å². The van der Waals surface area contributed by atoms with Crippen molar-refractivity contribution in [3.05, 3.63) is 12.7 Å². The van der Waals surface area contributed by atoms with Crippen molar-refractivity contribution in [1.82, 2.24) is 19.5 Å². The molecule has 1 aliphatic heterocycles. The number of aromatic nitrogens is 4. The summed E-state index contributed by atoms with van der Waals surface area (Å²) in [5.74, 6) is 0.283. The van der Waals surface area contributed by atoms with Gasteiger partial charge >= 0.3 is 7.60 Å². The minimum atomic E-state index is -3.43. The van der Waals surface area contributed by atoms with Crippen molar-refractivity contribution in [1.29, 1.82) is 0 Å². The van der Waals surface area contributed by atoms with Gasteiger partial charge in [-0.05, 0) is 13.8 Å². The Morgan fingerprint density at radius 1 is 1.29 bits per heavy atom. The largest absolute Gasteiger partial charge is 0.479 e. The maximum Gasteiger partial charge on any atom is 0.356 e. The van der Waals surface area contributed by atoms with Gasteiger partial charge in [0, 0.05) is 0 Å². The molecule has 1 aliphatic rings. The van der Waals surface area contributed by atoms with Crippen LogP contribution in [-0.2, 0) is 23.1 Å². The van der Waals surface area contributed by atoms with Crippen LogP contribution in [0.5, 0.6) is 5.88 Å². The number of imidazole rings is 1. The predicted molar refractivity (Wildman–Crippen MR) is 105 cm³/mol. The molecule has 1 unspecified atom stereocenters. The third kappa shape index (κ3) is 4.31. The molecular formula is C15H21FIN4O6P. The van der Waals surface area contributed by atoms with Crippen LogP contribution in [0.4, 0.5) is 4.39 Å². The second-order valence-electron chi connectivity index (χ2n) is 5.73. The highest BCUT2D eigenvalue weighted by molar-refractivity contribution is 14.1. The minimum absolute atomic E-state index is 0.205. The summed E-state index contributed by atoms with van der Waals surface area (Å²) in [6.07, 6.45) is -0.999. The van der Waals surface area contributed by atoms with E-state index >= 15 is 0 Å². The van der Waals surface area contributed by atoms with Crippen molar-refractivity contribution in [2.45, 2.75) is 36.5 Å². The van der Waals surface area contributed by atoms with E-state index in [1.54, 1.807) is 13.8 Å². The molecule has 10 nitrogen and oxygen atoms in total. The minimum Gasteiger partial charge on any atom is -0.479 e. The van der Waals surface area contributed by atoms with Crippen LogP contribution in [0.3, 0.4) is 0 Å². The molecular weight excluding hydrogens is 509 g/mol. The number of rotatable bonds is 9. The highest BCUT2D eigenvalue weighted by Crippen LogP contribution is 2.49. The first kappa shape index (κ1) is 21.8. The molecule has 13 heteroatoms. The van der Waals surface area contributed by atoms with Crippen LogP contribution in [0.2, 0.25) is 0 Å². The highest BCUT2D eigenvalue weighted by atomic mass is 127.